The van der Waals surface area contributed by atoms with Crippen LogP contribution in [0.25, 0.3) is 0 Å². The molecule has 0 amide bonds. The van der Waals surface area contributed by atoms with E-state index >= 15 is 0 Å². The number of unbranched alkanes of at least 4 members (excludes halogenated alkanes) is 1. The van der Waals surface area contributed by atoms with Gasteiger partial charge in [-0.2, -0.15) is 0 Å². The van der Waals surface area contributed by atoms with Crippen molar-refractivity contribution in [3.8, 4) is 0 Å². The first-order valence-corrected chi connectivity index (χ1v) is 6.57. The van der Waals surface area contributed by atoms with Crippen LogP contribution in [-0.4, -0.2) is 50.8 Å². The molecule has 1 aliphatic rings. The molecule has 4 heteroatoms. The lowest BCUT2D eigenvalue weighted by Crippen LogP contribution is -2.38. The van der Waals surface area contributed by atoms with Gasteiger partial charge in [-0.1, -0.05) is 12.8 Å². The highest BCUT2D eigenvalue weighted by atomic mass is 16.5. The number of carbonyl (C=O) groups is 1. The van der Waals surface area contributed by atoms with Crippen LogP contribution < -0.4 is 0 Å². The van der Waals surface area contributed by atoms with Crippen molar-refractivity contribution in [2.75, 3.05) is 33.9 Å². The summed E-state index contributed by atoms with van der Waals surface area (Å²) in [6, 6.07) is 0.580. The van der Waals surface area contributed by atoms with E-state index in [2.05, 4.69) is 4.90 Å². The van der Waals surface area contributed by atoms with Gasteiger partial charge in [0.1, 0.15) is 0 Å². The van der Waals surface area contributed by atoms with Crippen LogP contribution in [-0.2, 0) is 14.3 Å². The van der Waals surface area contributed by atoms with Crippen molar-refractivity contribution in [1.29, 1.82) is 0 Å². The van der Waals surface area contributed by atoms with E-state index in [0.29, 0.717) is 12.6 Å². The van der Waals surface area contributed by atoms with E-state index in [-0.39, 0.29) is 5.97 Å². The number of rotatable bonds is 8. The molecule has 0 radical (unpaired) electrons. The van der Waals surface area contributed by atoms with Crippen molar-refractivity contribution >= 4 is 5.97 Å². The largest absolute Gasteiger partial charge is 0.468 e. The van der Waals surface area contributed by atoms with Gasteiger partial charge in [0.05, 0.1) is 13.7 Å². The van der Waals surface area contributed by atoms with E-state index < -0.39 is 0 Å². The van der Waals surface area contributed by atoms with E-state index in [1.807, 2.05) is 0 Å². The maximum Gasteiger partial charge on any atom is 0.319 e. The molecule has 0 saturated heterocycles. The van der Waals surface area contributed by atoms with Gasteiger partial charge >= 0.3 is 5.97 Å². The second kappa shape index (κ2) is 8.48. The zero-order chi connectivity index (χ0) is 12.5. The molecule has 17 heavy (non-hydrogen) atoms. The molecule has 0 bridgehead atoms. The fourth-order valence-corrected chi connectivity index (χ4v) is 2.45. The summed E-state index contributed by atoms with van der Waals surface area (Å²) in [5.41, 5.74) is 0. The van der Waals surface area contributed by atoms with Crippen molar-refractivity contribution < 1.29 is 14.3 Å². The van der Waals surface area contributed by atoms with Crippen molar-refractivity contribution in [1.82, 2.24) is 4.90 Å². The molecular formula is C13H25NO3. The number of ether oxygens (including phenoxy) is 2. The van der Waals surface area contributed by atoms with Crippen LogP contribution in [0.5, 0.6) is 0 Å². The predicted octanol–water partition coefficient (Wildman–Crippen LogP) is 1.83. The number of hydrogen-bond acceptors (Lipinski definition) is 4. The number of hydrogen-bond donors (Lipinski definition) is 0. The van der Waals surface area contributed by atoms with Gasteiger partial charge in [-0.15, -0.1) is 0 Å². The first kappa shape index (κ1) is 14.5. The average molecular weight is 243 g/mol. The van der Waals surface area contributed by atoms with Crippen molar-refractivity contribution in [2.24, 2.45) is 0 Å². The number of nitrogens with zero attached hydrogens (tertiary/aromatic N) is 1. The highest BCUT2D eigenvalue weighted by Gasteiger charge is 2.24. The van der Waals surface area contributed by atoms with Crippen LogP contribution in [0.4, 0.5) is 0 Å². The Hall–Kier alpha value is -0.610. The minimum absolute atomic E-state index is 0.122. The number of carbonyl (C=O) groups excluding carboxylic acids is 1. The molecule has 0 atom stereocenters. The van der Waals surface area contributed by atoms with Gasteiger partial charge in [0, 0.05) is 19.8 Å². The van der Waals surface area contributed by atoms with Gasteiger partial charge in [0.15, 0.2) is 0 Å². The van der Waals surface area contributed by atoms with Gasteiger partial charge in [-0.3, -0.25) is 9.69 Å². The molecular weight excluding hydrogens is 218 g/mol. The van der Waals surface area contributed by atoms with Gasteiger partial charge in [0.2, 0.25) is 0 Å². The monoisotopic (exact) mass is 243 g/mol. The van der Waals surface area contributed by atoms with Crippen LogP contribution in [0.1, 0.15) is 38.5 Å². The highest BCUT2D eigenvalue weighted by molar-refractivity contribution is 5.71. The Bertz CT molecular complexity index is 215. The summed E-state index contributed by atoms with van der Waals surface area (Å²) in [4.78, 5) is 13.7. The summed E-state index contributed by atoms with van der Waals surface area (Å²) in [5, 5.41) is 0. The quantitative estimate of drug-likeness (QED) is 0.481. The highest BCUT2D eigenvalue weighted by Crippen LogP contribution is 2.23. The molecule has 1 saturated carbocycles. The van der Waals surface area contributed by atoms with Crippen LogP contribution in [0.2, 0.25) is 0 Å². The Morgan fingerprint density at radius 3 is 2.53 bits per heavy atom. The molecule has 0 aromatic rings. The molecule has 0 aromatic carbocycles. The van der Waals surface area contributed by atoms with E-state index in [0.717, 1.165) is 26.0 Å². The topological polar surface area (TPSA) is 38.8 Å². The fraction of sp³-hybridized carbons (Fsp3) is 0.923. The van der Waals surface area contributed by atoms with Crippen LogP contribution >= 0.6 is 0 Å². The van der Waals surface area contributed by atoms with Gasteiger partial charge < -0.3 is 9.47 Å². The summed E-state index contributed by atoms with van der Waals surface area (Å²) in [6.07, 6.45) is 7.17. The molecule has 0 unspecified atom stereocenters. The fourth-order valence-electron chi connectivity index (χ4n) is 2.45. The SMILES string of the molecule is COCCCCN(CC(=O)OC)C1CCCC1. The van der Waals surface area contributed by atoms with Gasteiger partial charge in [-0.25, -0.2) is 0 Å². The lowest BCUT2D eigenvalue weighted by molar-refractivity contribution is -0.142. The second-order valence-electron chi connectivity index (χ2n) is 4.68. The molecule has 1 aliphatic carbocycles. The van der Waals surface area contributed by atoms with Gasteiger partial charge in [0.25, 0.3) is 0 Å². The normalized spacial score (nSPS) is 16.6. The molecule has 0 aliphatic heterocycles. The Labute approximate surface area is 104 Å². The third kappa shape index (κ3) is 5.50. The minimum atomic E-state index is -0.122. The van der Waals surface area contributed by atoms with Crippen LogP contribution in [0, 0.1) is 0 Å². The zero-order valence-electron chi connectivity index (χ0n) is 11.1. The Morgan fingerprint density at radius 1 is 1.24 bits per heavy atom. The first-order valence-electron chi connectivity index (χ1n) is 6.57. The molecule has 0 aromatic heterocycles. The summed E-state index contributed by atoms with van der Waals surface area (Å²) >= 11 is 0. The van der Waals surface area contributed by atoms with Crippen molar-refractivity contribution in [3.05, 3.63) is 0 Å². The molecule has 1 fully saturated rings. The molecule has 1 rings (SSSR count). The smallest absolute Gasteiger partial charge is 0.319 e. The van der Waals surface area contributed by atoms with Crippen molar-refractivity contribution in [2.45, 2.75) is 44.6 Å². The summed E-state index contributed by atoms with van der Waals surface area (Å²) in [6.45, 7) is 2.22. The molecule has 0 N–H and O–H groups in total. The number of methoxy groups -OCH3 is 2. The lowest BCUT2D eigenvalue weighted by Gasteiger charge is -2.27. The van der Waals surface area contributed by atoms with E-state index in [1.54, 1.807) is 7.11 Å². The standard InChI is InChI=1S/C13H25NO3/c1-16-10-6-5-9-14(11-13(15)17-2)12-7-3-4-8-12/h12H,3-11H2,1-2H3. The Kier molecular flexibility index (Phi) is 7.21. The Balaban J connectivity index is 2.32. The minimum Gasteiger partial charge on any atom is -0.468 e. The maximum absolute atomic E-state index is 11.4. The molecule has 100 valence electrons. The first-order chi connectivity index (χ1) is 8.27. The Morgan fingerprint density at radius 2 is 1.94 bits per heavy atom. The summed E-state index contributed by atoms with van der Waals surface area (Å²) < 4.78 is 9.80. The predicted molar refractivity (Wildman–Crippen MR) is 67.0 cm³/mol. The van der Waals surface area contributed by atoms with Gasteiger partial charge in [-0.05, 0) is 32.2 Å². The average Bonchev–Trinajstić information content (AvgIpc) is 2.86. The molecule has 0 spiro atoms. The van der Waals surface area contributed by atoms with E-state index in [9.17, 15) is 4.79 Å². The van der Waals surface area contributed by atoms with Crippen LogP contribution in [0.15, 0.2) is 0 Å². The van der Waals surface area contributed by atoms with E-state index in [4.69, 9.17) is 9.47 Å². The third-order valence-electron chi connectivity index (χ3n) is 3.44. The maximum atomic E-state index is 11.4. The number of esters is 1. The summed E-state index contributed by atoms with van der Waals surface area (Å²) in [7, 11) is 3.18. The zero-order valence-corrected chi connectivity index (χ0v) is 11.1. The van der Waals surface area contributed by atoms with Crippen LogP contribution in [0.3, 0.4) is 0 Å². The molecule has 4 nitrogen and oxygen atoms in total. The summed E-state index contributed by atoms with van der Waals surface area (Å²) in [5.74, 6) is -0.122. The molecule has 0 heterocycles. The lowest BCUT2D eigenvalue weighted by atomic mass is 10.2. The second-order valence-corrected chi connectivity index (χ2v) is 4.68. The van der Waals surface area contributed by atoms with Crippen molar-refractivity contribution in [3.63, 3.8) is 0 Å². The third-order valence-corrected chi connectivity index (χ3v) is 3.44. The van der Waals surface area contributed by atoms with E-state index in [1.165, 1.54) is 32.8 Å².